The van der Waals surface area contributed by atoms with Gasteiger partial charge >= 0.3 is 0 Å². The molecule has 0 radical (unpaired) electrons. The Balaban J connectivity index is 3.76. The highest BCUT2D eigenvalue weighted by molar-refractivity contribution is 7.45. The highest BCUT2D eigenvalue weighted by Gasteiger charge is 2.21. The lowest BCUT2D eigenvalue weighted by molar-refractivity contribution is -0.870. The SMILES string of the molecule is CCCCCCCCCCCCCCCCCCN(C)C[C@@H](COC)OP(=O)([O-])OCC[N+](C)(C)C. The maximum absolute atomic E-state index is 12.2. The number of methoxy groups -OCH3 is 1. The van der Waals surface area contributed by atoms with E-state index in [2.05, 4.69) is 11.8 Å². The highest BCUT2D eigenvalue weighted by atomic mass is 31.2. The minimum absolute atomic E-state index is 0.110. The normalized spacial score (nSPS) is 14.9. The summed E-state index contributed by atoms with van der Waals surface area (Å²) >= 11 is 0. The van der Waals surface area contributed by atoms with Crippen LogP contribution in [0.3, 0.4) is 0 Å². The third kappa shape index (κ3) is 25.6. The molecule has 0 bridgehead atoms. The van der Waals surface area contributed by atoms with Gasteiger partial charge in [0.2, 0.25) is 0 Å². The largest absolute Gasteiger partial charge is 0.756 e. The van der Waals surface area contributed by atoms with Crippen LogP contribution in [0.4, 0.5) is 0 Å². The summed E-state index contributed by atoms with van der Waals surface area (Å²) < 4.78 is 28.4. The van der Waals surface area contributed by atoms with Crippen LogP contribution in [0.2, 0.25) is 0 Å². The Morgan fingerprint density at radius 1 is 0.806 bits per heavy atom. The third-order valence-corrected chi connectivity index (χ3v) is 7.61. The number of ether oxygens (including phenoxy) is 1. The molecule has 0 saturated heterocycles. The molecule has 0 N–H and O–H groups in total. The van der Waals surface area contributed by atoms with E-state index >= 15 is 0 Å². The summed E-state index contributed by atoms with van der Waals surface area (Å²) in [5.74, 6) is 0. The van der Waals surface area contributed by atoms with Gasteiger partial charge in [-0.15, -0.1) is 0 Å². The van der Waals surface area contributed by atoms with Crippen LogP contribution in [0.15, 0.2) is 0 Å². The zero-order chi connectivity index (χ0) is 27.1. The summed E-state index contributed by atoms with van der Waals surface area (Å²) in [5.41, 5.74) is 0. The molecule has 0 aromatic carbocycles. The molecule has 0 saturated carbocycles. The number of quaternary nitrogens is 1. The Bertz CT molecular complexity index is 531. The zero-order valence-corrected chi connectivity index (χ0v) is 25.7. The summed E-state index contributed by atoms with van der Waals surface area (Å²) in [6, 6.07) is 0. The van der Waals surface area contributed by atoms with E-state index in [-0.39, 0.29) is 13.2 Å². The van der Waals surface area contributed by atoms with Gasteiger partial charge in [0, 0.05) is 13.7 Å². The molecule has 0 amide bonds. The van der Waals surface area contributed by atoms with Crippen molar-refractivity contribution in [1.82, 2.24) is 4.90 Å². The Hall–Kier alpha value is -0.0100. The fourth-order valence-electron chi connectivity index (χ4n) is 4.31. The fourth-order valence-corrected chi connectivity index (χ4v) is 5.17. The Kier molecular flexibility index (Phi) is 22.9. The quantitative estimate of drug-likeness (QED) is 0.0687. The molecule has 0 heterocycles. The minimum atomic E-state index is -4.35. The van der Waals surface area contributed by atoms with E-state index in [0.717, 1.165) is 13.0 Å². The van der Waals surface area contributed by atoms with E-state index < -0.39 is 13.9 Å². The van der Waals surface area contributed by atoms with Gasteiger partial charge in [-0.25, -0.2) is 0 Å². The molecule has 0 fully saturated rings. The first-order valence-corrected chi connectivity index (χ1v) is 16.2. The minimum Gasteiger partial charge on any atom is -0.756 e. The maximum Gasteiger partial charge on any atom is 0.268 e. The Morgan fingerprint density at radius 2 is 1.25 bits per heavy atom. The molecule has 0 aliphatic carbocycles. The van der Waals surface area contributed by atoms with Crippen LogP contribution < -0.4 is 4.89 Å². The van der Waals surface area contributed by atoms with E-state index in [1.54, 1.807) is 7.11 Å². The second-order valence-corrected chi connectivity index (χ2v) is 12.9. The lowest BCUT2D eigenvalue weighted by Crippen LogP contribution is -2.38. The predicted molar refractivity (Wildman–Crippen MR) is 150 cm³/mol. The third-order valence-electron chi connectivity index (χ3n) is 6.55. The fraction of sp³-hybridized carbons (Fsp3) is 1.00. The summed E-state index contributed by atoms with van der Waals surface area (Å²) in [5, 5.41) is 0. The second-order valence-electron chi connectivity index (χ2n) is 11.5. The van der Waals surface area contributed by atoms with E-state index in [1.807, 2.05) is 28.2 Å². The smallest absolute Gasteiger partial charge is 0.268 e. The molecule has 8 heteroatoms. The van der Waals surface area contributed by atoms with Crippen LogP contribution in [0.1, 0.15) is 110 Å². The number of phosphoric ester groups is 1. The molecule has 1 unspecified atom stereocenters. The zero-order valence-electron chi connectivity index (χ0n) is 24.8. The second kappa shape index (κ2) is 22.9. The number of phosphoric acid groups is 1. The molecule has 0 aromatic heterocycles. The molecule has 0 aliphatic heterocycles. The first-order valence-electron chi connectivity index (χ1n) is 14.7. The number of hydrogen-bond acceptors (Lipinski definition) is 6. The van der Waals surface area contributed by atoms with Gasteiger partial charge in [-0.1, -0.05) is 103 Å². The topological polar surface area (TPSA) is 71.1 Å². The van der Waals surface area contributed by atoms with Crippen LogP contribution in [0.25, 0.3) is 0 Å². The van der Waals surface area contributed by atoms with Crippen LogP contribution in [-0.4, -0.2) is 83.6 Å². The molecule has 36 heavy (non-hydrogen) atoms. The van der Waals surface area contributed by atoms with Crippen molar-refractivity contribution in [2.24, 2.45) is 0 Å². The van der Waals surface area contributed by atoms with Crippen molar-refractivity contribution >= 4 is 7.82 Å². The van der Waals surface area contributed by atoms with E-state index in [1.165, 1.54) is 96.3 Å². The lowest BCUT2D eigenvalue weighted by Gasteiger charge is -2.31. The average Bonchev–Trinajstić information content (AvgIpc) is 2.77. The van der Waals surface area contributed by atoms with Crippen molar-refractivity contribution in [3.63, 3.8) is 0 Å². The molecule has 0 rings (SSSR count). The van der Waals surface area contributed by atoms with Gasteiger partial charge < -0.3 is 28.1 Å². The Labute approximate surface area is 224 Å². The first-order chi connectivity index (χ1) is 17.1. The molecule has 0 aromatic rings. The van der Waals surface area contributed by atoms with Gasteiger partial charge in [0.05, 0.1) is 27.7 Å². The van der Waals surface area contributed by atoms with Gasteiger partial charge in [0.1, 0.15) is 19.3 Å². The lowest BCUT2D eigenvalue weighted by atomic mass is 10.0. The number of rotatable bonds is 27. The predicted octanol–water partition coefficient (Wildman–Crippen LogP) is 6.40. The molecule has 218 valence electrons. The van der Waals surface area contributed by atoms with Gasteiger partial charge in [0.25, 0.3) is 7.82 Å². The van der Waals surface area contributed by atoms with Crippen molar-refractivity contribution in [2.75, 3.05) is 68.1 Å². The van der Waals surface area contributed by atoms with Crippen LogP contribution in [0, 0.1) is 0 Å². The van der Waals surface area contributed by atoms with Crippen molar-refractivity contribution in [3.05, 3.63) is 0 Å². The monoisotopic (exact) mass is 536 g/mol. The first kappa shape index (κ1) is 36.0. The van der Waals surface area contributed by atoms with Gasteiger partial charge in [-0.2, -0.15) is 0 Å². The number of likely N-dealkylation sites (N-methyl/N-ethyl adjacent to an activating group) is 2. The highest BCUT2D eigenvalue weighted by Crippen LogP contribution is 2.39. The summed E-state index contributed by atoms with van der Waals surface area (Å²) in [7, 11) is 5.17. The summed E-state index contributed by atoms with van der Waals surface area (Å²) in [6.45, 7) is 4.61. The average molecular weight is 537 g/mol. The summed E-state index contributed by atoms with van der Waals surface area (Å²) in [4.78, 5) is 14.3. The Morgan fingerprint density at radius 3 is 1.67 bits per heavy atom. The van der Waals surface area contributed by atoms with Crippen LogP contribution in [-0.2, 0) is 18.3 Å². The molecule has 2 atom stereocenters. The molecule has 0 aliphatic rings. The van der Waals surface area contributed by atoms with Crippen LogP contribution >= 0.6 is 7.82 Å². The number of nitrogens with zero attached hydrogens (tertiary/aromatic N) is 2. The van der Waals surface area contributed by atoms with Gasteiger partial charge in [0.15, 0.2) is 0 Å². The molecule has 7 nitrogen and oxygen atoms in total. The van der Waals surface area contributed by atoms with E-state index in [0.29, 0.717) is 17.6 Å². The van der Waals surface area contributed by atoms with Crippen molar-refractivity contribution in [3.8, 4) is 0 Å². The van der Waals surface area contributed by atoms with E-state index in [9.17, 15) is 9.46 Å². The van der Waals surface area contributed by atoms with Gasteiger partial charge in [-0.05, 0) is 20.0 Å². The van der Waals surface area contributed by atoms with Crippen LogP contribution in [0.5, 0.6) is 0 Å². The molecule has 0 spiro atoms. The van der Waals surface area contributed by atoms with Crippen molar-refractivity contribution in [2.45, 2.75) is 116 Å². The summed E-state index contributed by atoms with van der Waals surface area (Å²) in [6.07, 6.45) is 21.2. The standard InChI is InChI=1S/C28H61N2O5P/c1-7-8-9-10-11-12-13-14-15-16-17-18-19-20-21-22-23-29(2)26-28(27-33-6)35-36(31,32)34-25-24-30(3,4)5/h28H,7-27H2,1-6H3/t28-/m0/s1. The van der Waals surface area contributed by atoms with Gasteiger partial charge in [-0.3, -0.25) is 4.57 Å². The van der Waals surface area contributed by atoms with Crippen molar-refractivity contribution < 1.29 is 27.7 Å². The number of hydrogen-bond donors (Lipinski definition) is 0. The van der Waals surface area contributed by atoms with Crippen molar-refractivity contribution in [1.29, 1.82) is 0 Å². The molecular formula is C28H61N2O5P. The van der Waals surface area contributed by atoms with E-state index in [4.69, 9.17) is 13.8 Å². The number of unbranched alkanes of at least 4 members (excludes halogenated alkanes) is 15. The maximum atomic E-state index is 12.2. The molecular weight excluding hydrogens is 475 g/mol.